The van der Waals surface area contributed by atoms with Crippen molar-refractivity contribution in [3.8, 4) is 0 Å². The molecule has 0 fully saturated rings. The molecule has 0 radical (unpaired) electrons. The van der Waals surface area contributed by atoms with Crippen LogP contribution in [-0.4, -0.2) is 35.7 Å². The summed E-state index contributed by atoms with van der Waals surface area (Å²) < 4.78 is 0. The second kappa shape index (κ2) is 8.16. The van der Waals surface area contributed by atoms with Crippen molar-refractivity contribution in [3.05, 3.63) is 0 Å². The topological polar surface area (TPSA) is 184 Å². The number of nitrogens with one attached hydrogen (secondary N) is 1. The first kappa shape index (κ1) is 17.0. The van der Waals surface area contributed by atoms with Crippen molar-refractivity contribution < 1.29 is 19.2 Å². The van der Waals surface area contributed by atoms with Gasteiger partial charge in [0, 0.05) is 12.8 Å². The van der Waals surface area contributed by atoms with Crippen molar-refractivity contribution in [1.82, 2.24) is 5.32 Å². The number of hydrogen-bond acceptors (Lipinski definition) is 6. The van der Waals surface area contributed by atoms with Crippen LogP contribution in [-0.2, 0) is 19.2 Å². The second-order valence-electron chi connectivity index (χ2n) is 4.08. The molecule has 0 heterocycles. The molecule has 0 aliphatic carbocycles. The fourth-order valence-corrected chi connectivity index (χ4v) is 1.16. The molecule has 0 bridgehead atoms. The van der Waals surface area contributed by atoms with Crippen LogP contribution in [0.15, 0.2) is 0 Å². The van der Waals surface area contributed by atoms with E-state index in [1.165, 1.54) is 0 Å². The molecule has 0 saturated carbocycles. The molecule has 0 saturated heterocycles. The molecule has 108 valence electrons. The van der Waals surface area contributed by atoms with Gasteiger partial charge in [0.1, 0.15) is 0 Å². The highest BCUT2D eigenvalue weighted by Crippen LogP contribution is 1.97. The van der Waals surface area contributed by atoms with Crippen LogP contribution in [0, 0.1) is 0 Å². The lowest BCUT2D eigenvalue weighted by atomic mass is 10.1. The van der Waals surface area contributed by atoms with Crippen molar-refractivity contribution in [2.24, 2.45) is 22.9 Å². The molecule has 0 aliphatic rings. The molecule has 0 aromatic carbocycles. The zero-order chi connectivity index (χ0) is 15.0. The Kier molecular flexibility index (Phi) is 7.30. The van der Waals surface area contributed by atoms with Crippen molar-refractivity contribution in [2.45, 2.75) is 37.8 Å². The highest BCUT2D eigenvalue weighted by molar-refractivity contribution is 6.00. The number of carbonyl (C=O) groups is 4. The third kappa shape index (κ3) is 7.84. The number of amides is 4. The lowest BCUT2D eigenvalue weighted by Gasteiger charge is -2.13. The lowest BCUT2D eigenvalue weighted by molar-refractivity contribution is -0.132. The Bertz CT molecular complexity index is 337. The maximum atomic E-state index is 11.5. The highest BCUT2D eigenvalue weighted by Gasteiger charge is 2.21. The van der Waals surface area contributed by atoms with Gasteiger partial charge >= 0.3 is 0 Å². The van der Waals surface area contributed by atoms with Crippen LogP contribution < -0.4 is 28.3 Å². The van der Waals surface area contributed by atoms with Crippen LogP contribution in [0.1, 0.15) is 25.7 Å². The summed E-state index contributed by atoms with van der Waals surface area (Å²) in [5.41, 5.74) is 20.7. The van der Waals surface area contributed by atoms with E-state index in [4.69, 9.17) is 22.9 Å². The maximum absolute atomic E-state index is 11.5. The van der Waals surface area contributed by atoms with E-state index in [-0.39, 0.29) is 25.7 Å². The summed E-state index contributed by atoms with van der Waals surface area (Å²) in [6.07, 6.45) is -0.0526. The van der Waals surface area contributed by atoms with Gasteiger partial charge in [-0.15, -0.1) is 0 Å². The predicted octanol–water partition coefficient (Wildman–Crippen LogP) is -3.19. The Morgan fingerprint density at radius 2 is 1.11 bits per heavy atom. The number of nitrogens with two attached hydrogens (primary N) is 4. The largest absolute Gasteiger partial charge is 0.370 e. The number of hydrogen-bond donors (Lipinski definition) is 5. The zero-order valence-electron chi connectivity index (χ0n) is 10.4. The minimum atomic E-state index is -1.03. The van der Waals surface area contributed by atoms with Crippen LogP contribution in [0.3, 0.4) is 0 Å². The lowest BCUT2D eigenvalue weighted by Crippen LogP contribution is -2.49. The number of carbonyl (C=O) groups excluding carboxylic acids is 4. The summed E-state index contributed by atoms with van der Waals surface area (Å²) in [4.78, 5) is 43.9. The van der Waals surface area contributed by atoms with Crippen LogP contribution >= 0.6 is 0 Å². The fourth-order valence-electron chi connectivity index (χ4n) is 1.16. The molecule has 0 rings (SSSR count). The summed E-state index contributed by atoms with van der Waals surface area (Å²) in [5.74, 6) is -2.68. The molecule has 0 spiro atoms. The Labute approximate surface area is 110 Å². The van der Waals surface area contributed by atoms with Crippen LogP contribution in [0.2, 0.25) is 0 Å². The number of rotatable bonds is 8. The van der Waals surface area contributed by atoms with Gasteiger partial charge in [0.05, 0.1) is 12.1 Å². The van der Waals surface area contributed by atoms with Crippen molar-refractivity contribution >= 4 is 23.6 Å². The fraction of sp³-hybridized carbons (Fsp3) is 0.600. The summed E-state index contributed by atoms with van der Waals surface area (Å²) in [6, 6.07) is -2.06. The monoisotopic (exact) mass is 273 g/mol. The van der Waals surface area contributed by atoms with E-state index in [0.29, 0.717) is 0 Å². The van der Waals surface area contributed by atoms with Gasteiger partial charge in [0.15, 0.2) is 0 Å². The van der Waals surface area contributed by atoms with Gasteiger partial charge < -0.3 is 22.9 Å². The average Bonchev–Trinajstić information content (AvgIpc) is 2.32. The minimum absolute atomic E-state index is 0.0327. The summed E-state index contributed by atoms with van der Waals surface area (Å²) in [6.45, 7) is 0. The Morgan fingerprint density at radius 3 is 1.37 bits per heavy atom. The summed E-state index contributed by atoms with van der Waals surface area (Å²) >= 11 is 0. The standard InChI is InChI=1S/C10H19N5O4/c11-5(1-3-7(13)16)9(18)15-10(19)6(12)2-4-8(14)17/h5-6H,1-4,11-12H2,(H2,13,16)(H2,14,17)(H,15,18,19)/t5-,6-/m0/s1. The van der Waals surface area contributed by atoms with E-state index in [1.807, 2.05) is 5.32 Å². The van der Waals surface area contributed by atoms with Crippen LogP contribution in [0.5, 0.6) is 0 Å². The molecule has 2 atom stereocenters. The molecule has 9 nitrogen and oxygen atoms in total. The third-order valence-electron chi connectivity index (χ3n) is 2.32. The second-order valence-corrected chi connectivity index (χ2v) is 4.08. The van der Waals surface area contributed by atoms with Gasteiger partial charge in [0.25, 0.3) is 0 Å². The Balaban J connectivity index is 4.12. The van der Waals surface area contributed by atoms with Gasteiger partial charge in [-0.25, -0.2) is 0 Å². The first-order valence-electron chi connectivity index (χ1n) is 5.66. The SMILES string of the molecule is NC(=O)CC[C@H](N)C(=O)NC(=O)[C@@H](N)CCC(N)=O. The van der Waals surface area contributed by atoms with Gasteiger partial charge in [-0.3, -0.25) is 24.5 Å². The van der Waals surface area contributed by atoms with E-state index in [0.717, 1.165) is 0 Å². The van der Waals surface area contributed by atoms with Crippen molar-refractivity contribution in [2.75, 3.05) is 0 Å². The molecule has 0 aromatic rings. The molecular weight excluding hydrogens is 254 g/mol. The zero-order valence-corrected chi connectivity index (χ0v) is 10.4. The molecule has 9 heteroatoms. The number of primary amides is 2. The summed E-state index contributed by atoms with van der Waals surface area (Å²) in [7, 11) is 0. The molecule has 9 N–H and O–H groups in total. The first-order valence-corrected chi connectivity index (χ1v) is 5.66. The average molecular weight is 273 g/mol. The van der Waals surface area contributed by atoms with E-state index in [1.54, 1.807) is 0 Å². The maximum Gasteiger partial charge on any atom is 0.243 e. The van der Waals surface area contributed by atoms with Gasteiger partial charge in [-0.05, 0) is 12.8 Å². The van der Waals surface area contributed by atoms with E-state index in [2.05, 4.69) is 0 Å². The Morgan fingerprint density at radius 1 is 0.789 bits per heavy atom. The van der Waals surface area contributed by atoms with Gasteiger partial charge in [0.2, 0.25) is 23.6 Å². The molecule has 0 unspecified atom stereocenters. The highest BCUT2D eigenvalue weighted by atomic mass is 16.2. The van der Waals surface area contributed by atoms with Gasteiger partial charge in [-0.2, -0.15) is 0 Å². The molecule has 19 heavy (non-hydrogen) atoms. The van der Waals surface area contributed by atoms with Crippen molar-refractivity contribution in [1.29, 1.82) is 0 Å². The Hall–Kier alpha value is -2.00. The smallest absolute Gasteiger partial charge is 0.243 e. The molecule has 0 aliphatic heterocycles. The summed E-state index contributed by atoms with van der Waals surface area (Å²) in [5, 5.41) is 1.99. The van der Waals surface area contributed by atoms with Crippen LogP contribution in [0.4, 0.5) is 0 Å². The molecule has 0 aromatic heterocycles. The van der Waals surface area contributed by atoms with E-state index < -0.39 is 35.7 Å². The van der Waals surface area contributed by atoms with Crippen molar-refractivity contribution in [3.63, 3.8) is 0 Å². The first-order chi connectivity index (χ1) is 8.73. The van der Waals surface area contributed by atoms with Crippen LogP contribution in [0.25, 0.3) is 0 Å². The third-order valence-corrected chi connectivity index (χ3v) is 2.32. The van der Waals surface area contributed by atoms with E-state index in [9.17, 15) is 19.2 Å². The van der Waals surface area contributed by atoms with Gasteiger partial charge in [-0.1, -0.05) is 0 Å². The number of imide groups is 1. The quantitative estimate of drug-likeness (QED) is 0.310. The van der Waals surface area contributed by atoms with E-state index >= 15 is 0 Å². The molecule has 4 amide bonds. The minimum Gasteiger partial charge on any atom is -0.370 e. The molecular formula is C10H19N5O4. The normalized spacial score (nSPS) is 13.4. The predicted molar refractivity (Wildman–Crippen MR) is 66.0 cm³/mol.